The molecule has 2 aromatic carbocycles. The van der Waals surface area contributed by atoms with Crippen molar-refractivity contribution in [1.82, 2.24) is 14.8 Å². The molecular weight excluding hydrogens is 420 g/mol. The Hall–Kier alpha value is -3.65. The average molecular weight is 439 g/mol. The summed E-state index contributed by atoms with van der Waals surface area (Å²) in [6.07, 6.45) is 3.00. The van der Waals surface area contributed by atoms with Gasteiger partial charge in [-0.1, -0.05) is 23.7 Å². The zero-order chi connectivity index (χ0) is 22.0. The van der Waals surface area contributed by atoms with E-state index in [9.17, 15) is 9.59 Å². The smallest absolute Gasteiger partial charge is 0.340 e. The van der Waals surface area contributed by atoms with Crippen molar-refractivity contribution in [2.24, 2.45) is 0 Å². The maximum Gasteiger partial charge on any atom is 0.340 e. The molecule has 2 heterocycles. The van der Waals surface area contributed by atoms with E-state index in [0.717, 1.165) is 5.56 Å². The first-order valence-electron chi connectivity index (χ1n) is 9.45. The van der Waals surface area contributed by atoms with Crippen LogP contribution in [0, 0.1) is 6.92 Å². The molecule has 9 heteroatoms. The van der Waals surface area contributed by atoms with Crippen molar-refractivity contribution in [3.8, 4) is 5.75 Å². The van der Waals surface area contributed by atoms with Crippen molar-refractivity contribution in [3.05, 3.63) is 81.2 Å². The largest absolute Gasteiger partial charge is 0.495 e. The normalized spacial score (nSPS) is 10.9. The van der Waals surface area contributed by atoms with Gasteiger partial charge in [0.05, 0.1) is 30.7 Å². The molecule has 0 fully saturated rings. The topological polar surface area (TPSA) is 99.2 Å². The molecule has 0 aliphatic heterocycles. The first-order chi connectivity index (χ1) is 14.9. The summed E-state index contributed by atoms with van der Waals surface area (Å²) in [7, 11) is 1.48. The van der Waals surface area contributed by atoms with Crippen LogP contribution in [0.15, 0.2) is 58.3 Å². The van der Waals surface area contributed by atoms with Gasteiger partial charge in [0, 0.05) is 17.1 Å². The van der Waals surface area contributed by atoms with Gasteiger partial charge in [-0.15, -0.1) is 0 Å². The van der Waals surface area contributed by atoms with E-state index in [2.05, 4.69) is 15.4 Å². The number of aryl methyl sites for hydroxylation is 1. The fraction of sp³-hybridized carbons (Fsp3) is 0.182. The highest BCUT2D eigenvalue weighted by molar-refractivity contribution is 6.32. The predicted octanol–water partition coefficient (Wildman–Crippen LogP) is 3.58. The Morgan fingerprint density at radius 1 is 1.26 bits per heavy atom. The second kappa shape index (κ2) is 8.61. The lowest BCUT2D eigenvalue weighted by Gasteiger charge is -2.11. The Morgan fingerprint density at radius 2 is 2.03 bits per heavy atom. The summed E-state index contributed by atoms with van der Waals surface area (Å²) in [5, 5.41) is 7.93. The van der Waals surface area contributed by atoms with Crippen LogP contribution in [0.1, 0.15) is 16.7 Å². The second-order valence-corrected chi connectivity index (χ2v) is 7.40. The van der Waals surface area contributed by atoms with Crippen molar-refractivity contribution in [3.63, 3.8) is 0 Å². The summed E-state index contributed by atoms with van der Waals surface area (Å²) < 4.78 is 12.3. The standard InChI is InChI=1S/C22H19ClN4O4/c1-13-16-7-18(23)20(30-2)9-19(16)31-22(29)17(13)8-21(28)26-15-5-3-14(4-6-15)10-27-12-24-11-25-27/h3-7,9,11-12H,8,10H2,1-2H3,(H,26,28). The van der Waals surface area contributed by atoms with Gasteiger partial charge in [0.25, 0.3) is 0 Å². The molecule has 1 amide bonds. The summed E-state index contributed by atoms with van der Waals surface area (Å²) in [6, 6.07) is 10.6. The zero-order valence-corrected chi connectivity index (χ0v) is 17.6. The molecule has 0 aliphatic carbocycles. The third-order valence-corrected chi connectivity index (χ3v) is 5.24. The number of aromatic nitrogens is 3. The molecule has 2 aromatic heterocycles. The van der Waals surface area contributed by atoms with Crippen LogP contribution in [0.25, 0.3) is 11.0 Å². The number of rotatable bonds is 6. The van der Waals surface area contributed by atoms with Crippen LogP contribution in [0.5, 0.6) is 5.75 Å². The van der Waals surface area contributed by atoms with Crippen LogP contribution in [-0.2, 0) is 17.8 Å². The number of fused-ring (bicyclic) bond motifs is 1. The van der Waals surface area contributed by atoms with Crippen LogP contribution < -0.4 is 15.7 Å². The maximum absolute atomic E-state index is 12.6. The van der Waals surface area contributed by atoms with Gasteiger partial charge in [-0.2, -0.15) is 5.10 Å². The Bertz CT molecular complexity index is 1300. The highest BCUT2D eigenvalue weighted by Gasteiger charge is 2.17. The molecule has 0 saturated carbocycles. The zero-order valence-electron chi connectivity index (χ0n) is 16.9. The number of hydrogen-bond donors (Lipinski definition) is 1. The molecule has 0 bridgehead atoms. The fourth-order valence-corrected chi connectivity index (χ4v) is 3.55. The van der Waals surface area contributed by atoms with Crippen molar-refractivity contribution in [2.45, 2.75) is 19.9 Å². The lowest BCUT2D eigenvalue weighted by atomic mass is 10.0. The lowest BCUT2D eigenvalue weighted by molar-refractivity contribution is -0.115. The van der Waals surface area contributed by atoms with E-state index in [-0.39, 0.29) is 17.9 Å². The third-order valence-electron chi connectivity index (χ3n) is 4.95. The number of halogens is 1. The number of nitrogens with one attached hydrogen (secondary N) is 1. The number of anilines is 1. The number of hydrogen-bond acceptors (Lipinski definition) is 6. The summed E-state index contributed by atoms with van der Waals surface area (Å²) >= 11 is 6.20. The van der Waals surface area contributed by atoms with Gasteiger partial charge < -0.3 is 14.5 Å². The first-order valence-corrected chi connectivity index (χ1v) is 9.83. The minimum atomic E-state index is -0.562. The highest BCUT2D eigenvalue weighted by Crippen LogP contribution is 2.31. The predicted molar refractivity (Wildman–Crippen MR) is 117 cm³/mol. The summed E-state index contributed by atoms with van der Waals surface area (Å²) in [6.45, 7) is 2.35. The van der Waals surface area contributed by atoms with Crippen molar-refractivity contribution in [1.29, 1.82) is 0 Å². The van der Waals surface area contributed by atoms with Gasteiger partial charge in [0.15, 0.2) is 0 Å². The molecular formula is C22H19ClN4O4. The van der Waals surface area contributed by atoms with Crippen molar-refractivity contribution in [2.75, 3.05) is 12.4 Å². The number of ether oxygens (including phenoxy) is 1. The number of carbonyl (C=O) groups is 1. The first kappa shape index (κ1) is 20.6. The highest BCUT2D eigenvalue weighted by atomic mass is 35.5. The van der Waals surface area contributed by atoms with Gasteiger partial charge in [0.1, 0.15) is 24.0 Å². The number of amides is 1. The molecule has 0 saturated heterocycles. The maximum atomic E-state index is 12.6. The second-order valence-electron chi connectivity index (χ2n) is 6.99. The third kappa shape index (κ3) is 4.44. The molecule has 0 aliphatic rings. The van der Waals surface area contributed by atoms with Crippen LogP contribution in [-0.4, -0.2) is 27.8 Å². The number of nitrogens with zero attached hydrogens (tertiary/aromatic N) is 3. The van der Waals surface area contributed by atoms with E-state index in [1.165, 1.54) is 13.4 Å². The van der Waals surface area contributed by atoms with Gasteiger partial charge in [0.2, 0.25) is 5.91 Å². The molecule has 4 rings (SSSR count). The SMILES string of the molecule is COc1cc2oc(=O)c(CC(=O)Nc3ccc(Cn4cncn4)cc3)c(C)c2cc1Cl. The Labute approximate surface area is 182 Å². The summed E-state index contributed by atoms with van der Waals surface area (Å²) in [5.41, 5.74) is 2.37. The molecule has 0 spiro atoms. The minimum absolute atomic E-state index is 0.117. The molecule has 4 aromatic rings. The lowest BCUT2D eigenvalue weighted by Crippen LogP contribution is -2.20. The molecule has 158 valence electrons. The summed E-state index contributed by atoms with van der Waals surface area (Å²) in [4.78, 5) is 29.0. The van der Waals surface area contributed by atoms with E-state index in [1.807, 2.05) is 12.1 Å². The van der Waals surface area contributed by atoms with Crippen molar-refractivity contribution < 1.29 is 13.9 Å². The average Bonchev–Trinajstić information content (AvgIpc) is 3.26. The molecule has 0 atom stereocenters. The minimum Gasteiger partial charge on any atom is -0.495 e. The van der Waals surface area contributed by atoms with E-state index in [1.54, 1.807) is 42.2 Å². The van der Waals surface area contributed by atoms with Crippen LogP contribution in [0.2, 0.25) is 5.02 Å². The molecule has 1 N–H and O–H groups in total. The van der Waals surface area contributed by atoms with Gasteiger partial charge >= 0.3 is 5.63 Å². The van der Waals surface area contributed by atoms with E-state index >= 15 is 0 Å². The van der Waals surface area contributed by atoms with E-state index in [0.29, 0.717) is 39.5 Å². The van der Waals surface area contributed by atoms with Crippen LogP contribution in [0.3, 0.4) is 0 Å². The Balaban J connectivity index is 1.51. The number of methoxy groups -OCH3 is 1. The Kier molecular flexibility index (Phi) is 5.73. The van der Waals surface area contributed by atoms with Crippen LogP contribution >= 0.6 is 11.6 Å². The quantitative estimate of drug-likeness (QED) is 0.462. The van der Waals surface area contributed by atoms with E-state index in [4.69, 9.17) is 20.8 Å². The molecule has 0 unspecified atom stereocenters. The number of carbonyl (C=O) groups excluding carboxylic acids is 1. The van der Waals surface area contributed by atoms with Crippen LogP contribution in [0.4, 0.5) is 5.69 Å². The molecule has 31 heavy (non-hydrogen) atoms. The van der Waals surface area contributed by atoms with Gasteiger partial charge in [-0.3, -0.25) is 4.79 Å². The van der Waals surface area contributed by atoms with Gasteiger partial charge in [-0.25, -0.2) is 14.5 Å². The van der Waals surface area contributed by atoms with Crippen molar-refractivity contribution >= 4 is 34.2 Å². The Morgan fingerprint density at radius 3 is 2.71 bits per heavy atom. The number of benzene rings is 2. The monoisotopic (exact) mass is 438 g/mol. The van der Waals surface area contributed by atoms with E-state index < -0.39 is 5.63 Å². The fourth-order valence-electron chi connectivity index (χ4n) is 3.31. The van der Waals surface area contributed by atoms with Gasteiger partial charge in [-0.05, 0) is 36.2 Å². The molecule has 0 radical (unpaired) electrons. The summed E-state index contributed by atoms with van der Waals surface area (Å²) in [5.74, 6) is 0.0906. The molecule has 8 nitrogen and oxygen atoms in total.